The van der Waals surface area contributed by atoms with Crippen molar-refractivity contribution in [3.63, 3.8) is 0 Å². The predicted octanol–water partition coefficient (Wildman–Crippen LogP) is 2.48. The average molecular weight is 180 g/mol. The van der Waals surface area contributed by atoms with Gasteiger partial charge in [-0.2, -0.15) is 0 Å². The number of rotatable bonds is 3. The van der Waals surface area contributed by atoms with Crippen LogP contribution in [0.15, 0.2) is 12.3 Å². The third-order valence-corrected chi connectivity index (χ3v) is 2.45. The Labute approximate surface area is 77.0 Å². The van der Waals surface area contributed by atoms with Crippen molar-refractivity contribution in [2.45, 2.75) is 25.7 Å². The second-order valence-electron chi connectivity index (χ2n) is 3.36. The molecule has 1 saturated carbocycles. The van der Waals surface area contributed by atoms with Gasteiger partial charge in [0.1, 0.15) is 10.5 Å². The third-order valence-electron chi connectivity index (χ3n) is 2.21. The van der Waals surface area contributed by atoms with E-state index in [1.54, 1.807) is 6.20 Å². The van der Waals surface area contributed by atoms with E-state index in [9.17, 15) is 0 Å². The number of hydrogen-bond donors (Lipinski definition) is 1. The molecule has 0 saturated heterocycles. The van der Waals surface area contributed by atoms with Gasteiger partial charge in [0.25, 0.3) is 0 Å². The Balaban J connectivity index is 1.97. The highest BCUT2D eigenvalue weighted by Crippen LogP contribution is 2.32. The first kappa shape index (κ1) is 7.92. The molecular weight excluding hydrogens is 168 g/mol. The van der Waals surface area contributed by atoms with Crippen molar-refractivity contribution < 1.29 is 0 Å². The molecule has 0 aromatic carbocycles. The largest absolute Gasteiger partial charge is 0.335 e. The molecule has 0 atom stereocenters. The fraction of sp³-hybridized carbons (Fsp3) is 0.556. The van der Waals surface area contributed by atoms with Crippen LogP contribution in [0.2, 0.25) is 0 Å². The Hall–Kier alpha value is -0.700. The number of nitrogens with one attached hydrogen (secondary N) is 1. The van der Waals surface area contributed by atoms with Crippen LogP contribution in [0.5, 0.6) is 0 Å². The van der Waals surface area contributed by atoms with Crippen LogP contribution < -0.4 is 0 Å². The molecule has 1 fully saturated rings. The summed E-state index contributed by atoms with van der Waals surface area (Å²) in [4.78, 5) is 7.31. The fourth-order valence-corrected chi connectivity index (χ4v) is 1.46. The van der Waals surface area contributed by atoms with Gasteiger partial charge in [-0.05, 0) is 18.4 Å². The van der Waals surface area contributed by atoms with Gasteiger partial charge in [-0.3, -0.25) is 0 Å². The SMILES string of the molecule is S=c1ccnc(CCC2CC2)[nH]1. The van der Waals surface area contributed by atoms with Crippen molar-refractivity contribution in [3.05, 3.63) is 22.7 Å². The molecule has 12 heavy (non-hydrogen) atoms. The zero-order valence-electron chi connectivity index (χ0n) is 6.92. The first-order valence-corrected chi connectivity index (χ1v) is 4.79. The number of aromatic amines is 1. The van der Waals surface area contributed by atoms with Gasteiger partial charge in [0.2, 0.25) is 0 Å². The monoisotopic (exact) mass is 180 g/mol. The molecule has 0 spiro atoms. The molecule has 2 nitrogen and oxygen atoms in total. The lowest BCUT2D eigenvalue weighted by atomic mass is 10.2. The first-order chi connectivity index (χ1) is 5.84. The molecule has 1 heterocycles. The number of hydrogen-bond acceptors (Lipinski definition) is 2. The summed E-state index contributed by atoms with van der Waals surface area (Å²) in [6.07, 6.45) is 6.92. The summed E-state index contributed by atoms with van der Waals surface area (Å²) >= 11 is 5.00. The minimum Gasteiger partial charge on any atom is -0.335 e. The number of aryl methyl sites for hydroxylation is 1. The molecule has 0 aliphatic heterocycles. The smallest absolute Gasteiger partial charge is 0.106 e. The molecule has 0 radical (unpaired) electrons. The van der Waals surface area contributed by atoms with Gasteiger partial charge in [0.15, 0.2) is 0 Å². The van der Waals surface area contributed by atoms with Gasteiger partial charge in [-0.1, -0.05) is 25.1 Å². The maximum atomic E-state index is 5.00. The highest BCUT2D eigenvalue weighted by Gasteiger charge is 2.20. The zero-order valence-corrected chi connectivity index (χ0v) is 7.73. The summed E-state index contributed by atoms with van der Waals surface area (Å²) < 4.78 is 0.788. The van der Waals surface area contributed by atoms with E-state index in [1.165, 1.54) is 19.3 Å². The van der Waals surface area contributed by atoms with Crippen molar-refractivity contribution in [2.75, 3.05) is 0 Å². The second-order valence-corrected chi connectivity index (χ2v) is 3.80. The van der Waals surface area contributed by atoms with E-state index in [0.29, 0.717) is 0 Å². The fourth-order valence-electron chi connectivity index (χ4n) is 1.29. The van der Waals surface area contributed by atoms with Gasteiger partial charge in [0, 0.05) is 12.6 Å². The summed E-state index contributed by atoms with van der Waals surface area (Å²) in [5, 5.41) is 0. The topological polar surface area (TPSA) is 28.7 Å². The van der Waals surface area contributed by atoms with Crippen LogP contribution >= 0.6 is 12.2 Å². The molecule has 1 aromatic heterocycles. The summed E-state index contributed by atoms with van der Waals surface area (Å²) in [7, 11) is 0. The van der Waals surface area contributed by atoms with Gasteiger partial charge in [-0.25, -0.2) is 4.98 Å². The molecule has 1 N–H and O–H groups in total. The number of aromatic nitrogens is 2. The molecule has 2 rings (SSSR count). The van der Waals surface area contributed by atoms with Crippen LogP contribution in [-0.2, 0) is 6.42 Å². The number of nitrogens with zero attached hydrogens (tertiary/aromatic N) is 1. The standard InChI is InChI=1S/C9H12N2S/c12-9-5-6-10-8(11-9)4-3-7-1-2-7/h5-7H,1-4H2,(H,10,11,12). The highest BCUT2D eigenvalue weighted by molar-refractivity contribution is 7.71. The molecule has 64 valence electrons. The minimum absolute atomic E-state index is 0.788. The normalized spacial score (nSPS) is 16.3. The molecule has 0 bridgehead atoms. The van der Waals surface area contributed by atoms with Gasteiger partial charge in [-0.15, -0.1) is 0 Å². The van der Waals surface area contributed by atoms with E-state index >= 15 is 0 Å². The predicted molar refractivity (Wildman–Crippen MR) is 50.5 cm³/mol. The minimum atomic E-state index is 0.788. The van der Waals surface area contributed by atoms with Crippen LogP contribution in [0.3, 0.4) is 0 Å². The van der Waals surface area contributed by atoms with Crippen molar-refractivity contribution in [1.82, 2.24) is 9.97 Å². The summed E-state index contributed by atoms with van der Waals surface area (Å²) in [5.41, 5.74) is 0. The zero-order chi connectivity index (χ0) is 8.39. The van der Waals surface area contributed by atoms with E-state index in [4.69, 9.17) is 12.2 Å². The number of H-pyrrole nitrogens is 1. The van der Waals surface area contributed by atoms with E-state index < -0.39 is 0 Å². The summed E-state index contributed by atoms with van der Waals surface area (Å²) in [6.45, 7) is 0. The van der Waals surface area contributed by atoms with Crippen molar-refractivity contribution in [3.8, 4) is 0 Å². The van der Waals surface area contributed by atoms with Gasteiger partial charge in [0.05, 0.1) is 0 Å². The van der Waals surface area contributed by atoms with Crippen molar-refractivity contribution in [1.29, 1.82) is 0 Å². The molecule has 0 amide bonds. The molecule has 1 aliphatic carbocycles. The lowest BCUT2D eigenvalue weighted by Crippen LogP contribution is -1.94. The Kier molecular flexibility index (Phi) is 2.21. The molecule has 3 heteroatoms. The maximum Gasteiger partial charge on any atom is 0.106 e. The Bertz CT molecular complexity index is 314. The van der Waals surface area contributed by atoms with Crippen LogP contribution in [0, 0.1) is 10.6 Å². The molecule has 1 aliphatic rings. The van der Waals surface area contributed by atoms with Gasteiger partial charge < -0.3 is 4.98 Å². The third kappa shape index (κ3) is 2.14. The van der Waals surface area contributed by atoms with Crippen LogP contribution in [0.4, 0.5) is 0 Å². The van der Waals surface area contributed by atoms with Crippen LogP contribution in [-0.4, -0.2) is 9.97 Å². The van der Waals surface area contributed by atoms with Crippen molar-refractivity contribution >= 4 is 12.2 Å². The van der Waals surface area contributed by atoms with Crippen LogP contribution in [0.1, 0.15) is 25.1 Å². The Morgan fingerprint density at radius 1 is 1.58 bits per heavy atom. The van der Waals surface area contributed by atoms with E-state index in [1.807, 2.05) is 6.07 Å². The molecular formula is C9H12N2S. The van der Waals surface area contributed by atoms with Gasteiger partial charge >= 0.3 is 0 Å². The first-order valence-electron chi connectivity index (χ1n) is 4.39. The second kappa shape index (κ2) is 3.35. The summed E-state index contributed by atoms with van der Waals surface area (Å²) in [6, 6.07) is 1.82. The maximum absolute atomic E-state index is 5.00. The van der Waals surface area contributed by atoms with Crippen molar-refractivity contribution in [2.24, 2.45) is 5.92 Å². The lowest BCUT2D eigenvalue weighted by Gasteiger charge is -1.97. The van der Waals surface area contributed by atoms with E-state index in [0.717, 1.165) is 22.8 Å². The average Bonchev–Trinajstić information content (AvgIpc) is 2.84. The molecule has 1 aromatic rings. The highest BCUT2D eigenvalue weighted by atomic mass is 32.1. The lowest BCUT2D eigenvalue weighted by molar-refractivity contribution is 0.696. The Morgan fingerprint density at radius 2 is 2.42 bits per heavy atom. The molecule has 0 unspecified atom stereocenters. The van der Waals surface area contributed by atoms with Crippen LogP contribution in [0.25, 0.3) is 0 Å². The Morgan fingerprint density at radius 3 is 3.08 bits per heavy atom. The summed E-state index contributed by atoms with van der Waals surface area (Å²) in [5.74, 6) is 2.00. The quantitative estimate of drug-likeness (QED) is 0.724. The van der Waals surface area contributed by atoms with E-state index in [2.05, 4.69) is 9.97 Å². The van der Waals surface area contributed by atoms with E-state index in [-0.39, 0.29) is 0 Å².